The number of halogens is 4. The minimum atomic E-state index is -4.91. The van der Waals surface area contributed by atoms with E-state index < -0.39 is 42.0 Å². The maximum absolute atomic E-state index is 13.7. The van der Waals surface area contributed by atoms with Crippen molar-refractivity contribution in [1.29, 1.82) is 0 Å². The highest BCUT2D eigenvalue weighted by Crippen LogP contribution is 2.42. The number of rotatable bonds is 9. The molecule has 0 aromatic heterocycles. The Morgan fingerprint density at radius 1 is 1.24 bits per heavy atom. The van der Waals surface area contributed by atoms with E-state index in [9.17, 15) is 22.8 Å². The summed E-state index contributed by atoms with van der Waals surface area (Å²) in [5, 5.41) is 8.60. The van der Waals surface area contributed by atoms with E-state index in [2.05, 4.69) is 4.84 Å². The highest BCUT2D eigenvalue weighted by Gasteiger charge is 2.49. The summed E-state index contributed by atoms with van der Waals surface area (Å²) < 4.78 is 55.6. The maximum Gasteiger partial charge on any atom is 0.430 e. The summed E-state index contributed by atoms with van der Waals surface area (Å²) in [6, 6.07) is 2.85. The van der Waals surface area contributed by atoms with Gasteiger partial charge in [-0.1, -0.05) is 38.0 Å². The van der Waals surface area contributed by atoms with Gasteiger partial charge in [-0.25, -0.2) is 4.79 Å². The second-order valence-corrected chi connectivity index (χ2v) is 8.91. The first kappa shape index (κ1) is 27.9. The number of esters is 2. The van der Waals surface area contributed by atoms with Gasteiger partial charge in [0.1, 0.15) is 5.75 Å². The molecule has 0 saturated heterocycles. The first-order valence-corrected chi connectivity index (χ1v) is 10.4. The summed E-state index contributed by atoms with van der Waals surface area (Å²) in [6.45, 7) is 4.75. The summed E-state index contributed by atoms with van der Waals surface area (Å²) in [5.41, 5.74) is 0.999. The van der Waals surface area contributed by atoms with Crippen LogP contribution in [0.4, 0.5) is 13.2 Å². The van der Waals surface area contributed by atoms with Gasteiger partial charge in [-0.15, -0.1) is 0 Å². The molecule has 190 valence electrons. The summed E-state index contributed by atoms with van der Waals surface area (Å²) in [7, 11) is 1.56. The van der Waals surface area contributed by atoms with Gasteiger partial charge in [0.2, 0.25) is 12.9 Å². The fraction of sp³-hybridized carbons (Fsp3) is 0.524. The number of likely N-dealkylation sites (N-methyl/N-ethyl adjacent to an activating group) is 1. The molecular weight excluding hydrogens is 485 g/mol. The number of alkyl halides is 3. The van der Waals surface area contributed by atoms with Gasteiger partial charge in [0.15, 0.2) is 0 Å². The molecule has 0 aliphatic carbocycles. The Balaban J connectivity index is 2.10. The fourth-order valence-electron chi connectivity index (χ4n) is 3.03. The van der Waals surface area contributed by atoms with Gasteiger partial charge >= 0.3 is 18.1 Å². The molecule has 0 saturated carbocycles. The summed E-state index contributed by atoms with van der Waals surface area (Å²) >= 11 is 6.29. The predicted octanol–water partition coefficient (Wildman–Crippen LogP) is 3.23. The number of hydrogen-bond acceptors (Lipinski definition) is 9. The Labute approximate surface area is 199 Å². The van der Waals surface area contributed by atoms with Crippen LogP contribution in [0, 0.1) is 0 Å². The normalized spacial score (nSPS) is 15.9. The lowest BCUT2D eigenvalue weighted by Gasteiger charge is -2.30. The zero-order valence-corrected chi connectivity index (χ0v) is 19.7. The van der Waals surface area contributed by atoms with E-state index in [-0.39, 0.29) is 31.0 Å². The molecule has 0 amide bonds. The topological polar surface area (TPSA) is 107 Å². The molecule has 1 unspecified atom stereocenters. The van der Waals surface area contributed by atoms with E-state index in [4.69, 9.17) is 31.0 Å². The van der Waals surface area contributed by atoms with E-state index in [1.165, 1.54) is 22.7 Å². The lowest BCUT2D eigenvalue weighted by atomic mass is 9.85. The van der Waals surface area contributed by atoms with Crippen LogP contribution in [0.15, 0.2) is 17.7 Å². The van der Waals surface area contributed by atoms with Crippen LogP contribution in [0.1, 0.15) is 31.9 Å². The molecule has 0 radical (unpaired) electrons. The molecule has 1 atom stereocenters. The Bertz CT molecular complexity index is 932. The van der Waals surface area contributed by atoms with Crippen molar-refractivity contribution < 1.29 is 47.0 Å². The van der Waals surface area contributed by atoms with Gasteiger partial charge in [0, 0.05) is 17.1 Å². The largest absolute Gasteiger partial charge is 0.475 e. The second-order valence-electron chi connectivity index (χ2n) is 8.50. The quantitative estimate of drug-likeness (QED) is 0.224. The first-order chi connectivity index (χ1) is 15.7. The van der Waals surface area contributed by atoms with Crippen LogP contribution in [0.3, 0.4) is 0 Å². The Kier molecular flexibility index (Phi) is 9.31. The van der Waals surface area contributed by atoms with Crippen molar-refractivity contribution in [3.05, 3.63) is 33.9 Å². The molecule has 13 heteroatoms. The molecule has 9 nitrogen and oxygen atoms in total. The Hall–Kier alpha value is -2.38. The third-order valence-electron chi connectivity index (χ3n) is 4.73. The predicted molar refractivity (Wildman–Crippen MR) is 114 cm³/mol. The van der Waals surface area contributed by atoms with Gasteiger partial charge in [-0.3, -0.25) is 19.7 Å². The molecule has 0 bridgehead atoms. The average Bonchev–Trinajstić information content (AvgIpc) is 2.70. The average molecular weight is 511 g/mol. The number of carbonyl (C=O) groups is 2. The lowest BCUT2D eigenvalue weighted by molar-refractivity contribution is -0.190. The Morgan fingerprint density at radius 3 is 2.50 bits per heavy atom. The van der Waals surface area contributed by atoms with Crippen molar-refractivity contribution in [3.8, 4) is 5.75 Å². The fourth-order valence-corrected chi connectivity index (χ4v) is 3.48. The third-order valence-corrected chi connectivity index (χ3v) is 5.04. The van der Waals surface area contributed by atoms with Crippen molar-refractivity contribution in [2.45, 2.75) is 38.5 Å². The highest BCUT2D eigenvalue weighted by atomic mass is 35.5. The molecule has 34 heavy (non-hydrogen) atoms. The summed E-state index contributed by atoms with van der Waals surface area (Å²) in [4.78, 5) is 30.1. The molecule has 1 aromatic rings. The lowest BCUT2D eigenvalue weighted by Crippen LogP contribution is -2.41. The number of hydrogen-bond donors (Lipinski definition) is 2. The molecule has 0 spiro atoms. The number of nitrogens with zero attached hydrogens (tertiary/aromatic N) is 1. The van der Waals surface area contributed by atoms with Crippen LogP contribution < -0.4 is 10.4 Å². The van der Waals surface area contributed by atoms with Crippen molar-refractivity contribution >= 4 is 29.6 Å². The van der Waals surface area contributed by atoms with E-state index in [1.807, 2.05) is 20.8 Å². The molecule has 2 N–H and O–H groups in total. The van der Waals surface area contributed by atoms with Crippen molar-refractivity contribution in [1.82, 2.24) is 10.5 Å². The van der Waals surface area contributed by atoms with Crippen molar-refractivity contribution in [2.75, 3.05) is 33.5 Å². The molecule has 1 aliphatic heterocycles. The first-order valence-electron chi connectivity index (χ1n) is 10.0. The minimum Gasteiger partial charge on any atom is -0.475 e. The van der Waals surface area contributed by atoms with Crippen LogP contribution >= 0.6 is 11.6 Å². The van der Waals surface area contributed by atoms with E-state index in [1.54, 1.807) is 7.05 Å². The number of carbonyl (C=O) groups excluding carboxylic acids is 2. The van der Waals surface area contributed by atoms with E-state index in [0.717, 1.165) is 6.08 Å². The Morgan fingerprint density at radius 2 is 1.91 bits per heavy atom. The minimum absolute atomic E-state index is 0.0605. The third kappa shape index (κ3) is 7.57. The highest BCUT2D eigenvalue weighted by molar-refractivity contribution is 6.31. The van der Waals surface area contributed by atoms with Gasteiger partial charge in [0.05, 0.1) is 18.7 Å². The van der Waals surface area contributed by atoms with Gasteiger partial charge in [-0.2, -0.15) is 13.2 Å². The second kappa shape index (κ2) is 11.4. The standard InChI is InChI=1S/C21H26ClF3N2O7/c1-20(2,3)14-9-16-12(8-15(14)22)7-13(18(34-16)21(23,24)25)19(29)32-11-31-17(28)10-27(4)5-6-33-26-30/h7-9,18,26,30H,5-6,10-11H2,1-4H3. The molecule has 1 heterocycles. The molecular formula is C21H26ClF3N2O7. The monoisotopic (exact) mass is 510 g/mol. The van der Waals surface area contributed by atoms with Crippen LogP contribution in [0.25, 0.3) is 6.08 Å². The zero-order valence-electron chi connectivity index (χ0n) is 19.0. The summed E-state index contributed by atoms with van der Waals surface area (Å²) in [6.07, 6.45) is -6.47. The number of nitrogens with one attached hydrogen (secondary N) is 1. The molecule has 0 fully saturated rings. The van der Waals surface area contributed by atoms with Crippen LogP contribution in [-0.2, 0) is 29.3 Å². The van der Waals surface area contributed by atoms with Crippen LogP contribution in [0.2, 0.25) is 5.02 Å². The van der Waals surface area contributed by atoms with Crippen molar-refractivity contribution in [3.63, 3.8) is 0 Å². The smallest absolute Gasteiger partial charge is 0.430 e. The van der Waals surface area contributed by atoms with Crippen molar-refractivity contribution in [2.24, 2.45) is 0 Å². The van der Waals surface area contributed by atoms with Gasteiger partial charge in [-0.05, 0) is 36.2 Å². The number of benzene rings is 1. The van der Waals surface area contributed by atoms with Gasteiger partial charge < -0.3 is 14.2 Å². The van der Waals surface area contributed by atoms with Crippen LogP contribution in [0.5, 0.6) is 5.75 Å². The number of fused-ring (bicyclic) bond motifs is 1. The maximum atomic E-state index is 13.7. The molecule has 1 aromatic carbocycles. The van der Waals surface area contributed by atoms with Crippen LogP contribution in [-0.4, -0.2) is 67.9 Å². The summed E-state index contributed by atoms with van der Waals surface area (Å²) in [5.74, 6) is -2.21. The SMILES string of the molecule is CN(CCONO)CC(=O)OCOC(=O)C1=Cc2cc(Cl)c(C(C)(C)C)cc2OC1C(F)(F)F. The van der Waals surface area contributed by atoms with E-state index >= 15 is 0 Å². The van der Waals surface area contributed by atoms with E-state index in [0.29, 0.717) is 10.6 Å². The van der Waals surface area contributed by atoms with Gasteiger partial charge in [0.25, 0.3) is 0 Å². The number of ether oxygens (including phenoxy) is 3. The zero-order chi connectivity index (χ0) is 25.7. The molecule has 2 rings (SSSR count). The molecule has 1 aliphatic rings.